The lowest BCUT2D eigenvalue weighted by Crippen LogP contribution is -2.02. The number of aromatic nitrogens is 4. The first-order chi connectivity index (χ1) is 10.2. The van der Waals surface area contributed by atoms with Crippen LogP contribution < -0.4 is 5.32 Å². The van der Waals surface area contributed by atoms with Crippen LogP contribution in [0.2, 0.25) is 0 Å². The first-order valence-corrected chi connectivity index (χ1v) is 7.31. The summed E-state index contributed by atoms with van der Waals surface area (Å²) in [6, 6.07) is 6.01. The van der Waals surface area contributed by atoms with Crippen molar-refractivity contribution >= 4 is 21.6 Å². The maximum Gasteiger partial charge on any atom is 0.138 e. The number of anilines is 1. The smallest absolute Gasteiger partial charge is 0.138 e. The third kappa shape index (κ3) is 3.28. The van der Waals surface area contributed by atoms with Crippen LogP contribution in [-0.2, 0) is 6.54 Å². The lowest BCUT2D eigenvalue weighted by molar-refractivity contribution is 0.932. The Morgan fingerprint density at radius 3 is 2.76 bits per heavy atom. The predicted octanol–water partition coefficient (Wildman–Crippen LogP) is 3.35. The molecule has 0 radical (unpaired) electrons. The molecule has 0 saturated heterocycles. The molecule has 0 atom stereocenters. The lowest BCUT2D eigenvalue weighted by Gasteiger charge is -2.08. The Bertz CT molecular complexity index is 736. The summed E-state index contributed by atoms with van der Waals surface area (Å²) in [7, 11) is 0. The van der Waals surface area contributed by atoms with E-state index in [1.807, 2.05) is 48.3 Å². The van der Waals surface area contributed by atoms with Crippen molar-refractivity contribution in [2.75, 3.05) is 5.32 Å². The number of imidazole rings is 1. The maximum atomic E-state index is 4.45. The van der Waals surface area contributed by atoms with Crippen molar-refractivity contribution in [1.29, 1.82) is 0 Å². The molecular weight excluding hydrogens is 330 g/mol. The van der Waals surface area contributed by atoms with Crippen LogP contribution in [0.1, 0.15) is 11.4 Å². The number of rotatable bonds is 4. The quantitative estimate of drug-likeness (QED) is 0.789. The predicted molar refractivity (Wildman–Crippen MR) is 85.4 cm³/mol. The molecule has 106 valence electrons. The molecule has 3 rings (SSSR count). The zero-order valence-electron chi connectivity index (χ0n) is 11.5. The van der Waals surface area contributed by atoms with Gasteiger partial charge in [-0.2, -0.15) is 0 Å². The van der Waals surface area contributed by atoms with Gasteiger partial charge in [0.25, 0.3) is 0 Å². The van der Waals surface area contributed by atoms with Crippen LogP contribution in [0.4, 0.5) is 5.69 Å². The van der Waals surface area contributed by atoms with E-state index < -0.39 is 0 Å². The second-order valence-corrected chi connectivity index (χ2v) is 5.53. The van der Waals surface area contributed by atoms with Gasteiger partial charge in [-0.15, -0.1) is 0 Å². The molecule has 0 spiro atoms. The lowest BCUT2D eigenvalue weighted by atomic mass is 10.3. The van der Waals surface area contributed by atoms with Gasteiger partial charge >= 0.3 is 0 Å². The van der Waals surface area contributed by atoms with Crippen LogP contribution in [-0.4, -0.2) is 19.5 Å². The summed E-state index contributed by atoms with van der Waals surface area (Å²) in [6.45, 7) is 2.66. The average molecular weight is 344 g/mol. The Balaban J connectivity index is 1.69. The number of halogens is 1. The number of hydrogen-bond donors (Lipinski definition) is 1. The fourth-order valence-corrected chi connectivity index (χ4v) is 2.42. The molecule has 0 saturated carbocycles. The highest BCUT2D eigenvalue weighted by Gasteiger charge is 2.02. The second-order valence-electron chi connectivity index (χ2n) is 4.61. The first-order valence-electron chi connectivity index (χ1n) is 6.52. The topological polar surface area (TPSA) is 55.6 Å². The van der Waals surface area contributed by atoms with Crippen molar-refractivity contribution in [2.24, 2.45) is 0 Å². The highest BCUT2D eigenvalue weighted by atomic mass is 79.9. The summed E-state index contributed by atoms with van der Waals surface area (Å²) < 4.78 is 2.92. The molecule has 5 nitrogen and oxygen atoms in total. The van der Waals surface area contributed by atoms with Crippen LogP contribution in [0.5, 0.6) is 0 Å². The summed E-state index contributed by atoms with van der Waals surface area (Å²) >= 11 is 3.42. The van der Waals surface area contributed by atoms with Gasteiger partial charge in [0, 0.05) is 35.8 Å². The van der Waals surface area contributed by atoms with E-state index in [1.54, 1.807) is 12.4 Å². The third-order valence-corrected chi connectivity index (χ3v) is 3.51. The molecule has 1 N–H and O–H groups in total. The molecule has 0 aromatic carbocycles. The summed E-state index contributed by atoms with van der Waals surface area (Å²) in [6.07, 6.45) is 9.10. The molecule has 0 aliphatic rings. The zero-order chi connectivity index (χ0) is 14.7. The van der Waals surface area contributed by atoms with E-state index in [-0.39, 0.29) is 0 Å². The second kappa shape index (κ2) is 6.05. The molecule has 0 unspecified atom stereocenters. The summed E-state index contributed by atoms with van der Waals surface area (Å²) in [5.74, 6) is 1.78. The Morgan fingerprint density at radius 2 is 2.10 bits per heavy atom. The zero-order valence-corrected chi connectivity index (χ0v) is 13.1. The van der Waals surface area contributed by atoms with E-state index in [4.69, 9.17) is 0 Å². The summed E-state index contributed by atoms with van der Waals surface area (Å²) in [5, 5.41) is 3.33. The molecule has 0 aliphatic carbocycles. The summed E-state index contributed by atoms with van der Waals surface area (Å²) in [5.41, 5.74) is 2.08. The summed E-state index contributed by atoms with van der Waals surface area (Å²) in [4.78, 5) is 12.8. The van der Waals surface area contributed by atoms with Gasteiger partial charge in [0.15, 0.2) is 0 Å². The van der Waals surface area contributed by atoms with Crippen molar-refractivity contribution in [3.8, 4) is 5.82 Å². The molecule has 3 aromatic heterocycles. The molecule has 21 heavy (non-hydrogen) atoms. The fourth-order valence-electron chi connectivity index (χ4n) is 2.01. The number of nitrogens with zero attached hydrogens (tertiary/aromatic N) is 4. The normalized spacial score (nSPS) is 10.6. The molecule has 0 bridgehead atoms. The molecule has 3 aromatic rings. The van der Waals surface area contributed by atoms with Gasteiger partial charge in [-0.05, 0) is 46.6 Å². The van der Waals surface area contributed by atoms with Gasteiger partial charge in [0.2, 0.25) is 0 Å². The van der Waals surface area contributed by atoms with Crippen molar-refractivity contribution in [1.82, 2.24) is 19.5 Å². The highest BCUT2D eigenvalue weighted by Crippen LogP contribution is 2.14. The van der Waals surface area contributed by atoms with E-state index in [0.29, 0.717) is 6.54 Å². The van der Waals surface area contributed by atoms with Crippen LogP contribution >= 0.6 is 15.9 Å². The molecule has 0 amide bonds. The molecule has 0 fully saturated rings. The van der Waals surface area contributed by atoms with Gasteiger partial charge < -0.3 is 5.32 Å². The van der Waals surface area contributed by atoms with Crippen LogP contribution in [0.15, 0.2) is 53.7 Å². The average Bonchev–Trinajstić information content (AvgIpc) is 2.92. The number of hydrogen-bond acceptors (Lipinski definition) is 4. The number of pyridine rings is 2. The Kier molecular flexibility index (Phi) is 3.96. The fraction of sp³-hybridized carbons (Fsp3) is 0.133. The van der Waals surface area contributed by atoms with E-state index in [2.05, 4.69) is 36.2 Å². The number of nitrogens with one attached hydrogen (secondary N) is 1. The SMILES string of the molecule is Cc1nccn1-c1ccc(NCc2cncc(Br)c2)cn1. The van der Waals surface area contributed by atoms with Crippen molar-refractivity contribution in [3.63, 3.8) is 0 Å². The van der Waals surface area contributed by atoms with Gasteiger partial charge in [-0.25, -0.2) is 9.97 Å². The monoisotopic (exact) mass is 343 g/mol. The largest absolute Gasteiger partial charge is 0.380 e. The van der Waals surface area contributed by atoms with E-state index in [0.717, 1.165) is 27.4 Å². The van der Waals surface area contributed by atoms with Gasteiger partial charge in [0.1, 0.15) is 11.6 Å². The third-order valence-electron chi connectivity index (χ3n) is 3.08. The minimum atomic E-state index is 0.706. The minimum Gasteiger partial charge on any atom is -0.380 e. The standard InChI is InChI=1S/C15H14BrN5/c1-11-18-4-5-21(11)15-3-2-14(10-20-15)19-8-12-6-13(16)9-17-7-12/h2-7,9-10,19H,8H2,1H3. The van der Waals surface area contributed by atoms with Crippen molar-refractivity contribution < 1.29 is 0 Å². The number of aryl methyl sites for hydroxylation is 1. The van der Waals surface area contributed by atoms with Crippen LogP contribution in [0, 0.1) is 6.92 Å². The highest BCUT2D eigenvalue weighted by molar-refractivity contribution is 9.10. The molecule has 3 heterocycles. The Hall–Kier alpha value is -2.21. The van der Waals surface area contributed by atoms with Crippen molar-refractivity contribution in [3.05, 3.63) is 65.0 Å². The molecule has 6 heteroatoms. The van der Waals surface area contributed by atoms with Gasteiger partial charge in [-0.3, -0.25) is 9.55 Å². The molecular formula is C15H14BrN5. The van der Waals surface area contributed by atoms with Crippen molar-refractivity contribution in [2.45, 2.75) is 13.5 Å². The Morgan fingerprint density at radius 1 is 1.19 bits per heavy atom. The maximum absolute atomic E-state index is 4.45. The molecule has 0 aliphatic heterocycles. The van der Waals surface area contributed by atoms with Crippen LogP contribution in [0.3, 0.4) is 0 Å². The van der Waals surface area contributed by atoms with E-state index >= 15 is 0 Å². The van der Waals surface area contributed by atoms with Crippen LogP contribution in [0.25, 0.3) is 5.82 Å². The van der Waals surface area contributed by atoms with E-state index in [1.165, 1.54) is 0 Å². The minimum absolute atomic E-state index is 0.706. The Labute approximate surface area is 131 Å². The first kappa shape index (κ1) is 13.8. The van der Waals surface area contributed by atoms with Gasteiger partial charge in [-0.1, -0.05) is 0 Å². The van der Waals surface area contributed by atoms with Gasteiger partial charge in [0.05, 0.1) is 11.9 Å². The van der Waals surface area contributed by atoms with E-state index in [9.17, 15) is 0 Å².